The van der Waals surface area contributed by atoms with Crippen LogP contribution >= 0.6 is 0 Å². The minimum absolute atomic E-state index is 0.0406. The fourth-order valence-corrected chi connectivity index (χ4v) is 4.77. The van der Waals surface area contributed by atoms with Crippen molar-refractivity contribution >= 4 is 10.0 Å². The molecular weight excluding hydrogens is 318 g/mol. The van der Waals surface area contributed by atoms with E-state index in [1.807, 2.05) is 48.5 Å². The van der Waals surface area contributed by atoms with Crippen LogP contribution in [0, 0.1) is 0 Å². The smallest absolute Gasteiger partial charge is 0.211 e. The third-order valence-electron chi connectivity index (χ3n) is 5.08. The minimum Gasteiger partial charge on any atom is -0.214 e. The summed E-state index contributed by atoms with van der Waals surface area (Å²) in [7, 11) is -3.26. The highest BCUT2D eigenvalue weighted by atomic mass is 32.2. The molecule has 1 aliphatic carbocycles. The molecule has 24 heavy (non-hydrogen) atoms. The summed E-state index contributed by atoms with van der Waals surface area (Å²) in [5, 5.41) is 0. The molecule has 1 fully saturated rings. The second-order valence-corrected chi connectivity index (χ2v) is 8.66. The van der Waals surface area contributed by atoms with E-state index in [1.54, 1.807) is 0 Å². The Morgan fingerprint density at radius 2 is 1.46 bits per heavy atom. The minimum atomic E-state index is -3.26. The number of benzene rings is 2. The van der Waals surface area contributed by atoms with Crippen LogP contribution in [0.5, 0.6) is 0 Å². The summed E-state index contributed by atoms with van der Waals surface area (Å²) >= 11 is 0. The van der Waals surface area contributed by atoms with Gasteiger partial charge in [0.25, 0.3) is 0 Å². The van der Waals surface area contributed by atoms with E-state index < -0.39 is 10.0 Å². The molecule has 0 unspecified atom stereocenters. The zero-order valence-electron chi connectivity index (χ0n) is 13.9. The number of aryl methyl sites for hydroxylation is 1. The van der Waals surface area contributed by atoms with Crippen LogP contribution in [0.2, 0.25) is 0 Å². The Bertz CT molecular complexity index is 736. The van der Waals surface area contributed by atoms with Gasteiger partial charge in [0.15, 0.2) is 0 Å². The highest BCUT2D eigenvalue weighted by Gasteiger charge is 2.36. The molecule has 0 radical (unpaired) electrons. The lowest BCUT2D eigenvalue weighted by molar-refractivity contribution is 0.432. The largest absolute Gasteiger partial charge is 0.214 e. The van der Waals surface area contributed by atoms with Gasteiger partial charge in [-0.05, 0) is 30.4 Å². The molecule has 0 spiro atoms. The summed E-state index contributed by atoms with van der Waals surface area (Å²) in [6.45, 7) is 0.508. The molecule has 0 heterocycles. The van der Waals surface area contributed by atoms with E-state index in [2.05, 4.69) is 16.9 Å². The molecule has 3 nitrogen and oxygen atoms in total. The van der Waals surface area contributed by atoms with Crippen molar-refractivity contribution in [2.45, 2.75) is 37.5 Å². The van der Waals surface area contributed by atoms with Gasteiger partial charge in [-0.1, -0.05) is 73.5 Å². The molecular formula is C20H25NO2S. The molecule has 1 N–H and O–H groups in total. The van der Waals surface area contributed by atoms with Crippen molar-refractivity contribution in [3.05, 3.63) is 71.8 Å². The van der Waals surface area contributed by atoms with Crippen molar-refractivity contribution in [1.29, 1.82) is 0 Å². The first-order valence-corrected chi connectivity index (χ1v) is 10.3. The van der Waals surface area contributed by atoms with Gasteiger partial charge >= 0.3 is 0 Å². The summed E-state index contributed by atoms with van der Waals surface area (Å²) in [5.41, 5.74) is 2.27. The van der Waals surface area contributed by atoms with Gasteiger partial charge in [0, 0.05) is 12.0 Å². The predicted octanol–water partition coefficient (Wildman–Crippen LogP) is 3.66. The van der Waals surface area contributed by atoms with Gasteiger partial charge in [-0.3, -0.25) is 0 Å². The van der Waals surface area contributed by atoms with Crippen LogP contribution in [0.3, 0.4) is 0 Å². The first-order chi connectivity index (χ1) is 11.6. The Balaban J connectivity index is 1.64. The maximum Gasteiger partial charge on any atom is 0.211 e. The molecule has 0 saturated heterocycles. The maximum absolute atomic E-state index is 12.4. The van der Waals surface area contributed by atoms with E-state index in [0.29, 0.717) is 13.0 Å². The summed E-state index contributed by atoms with van der Waals surface area (Å²) in [4.78, 5) is 0. The average Bonchev–Trinajstić information content (AvgIpc) is 3.11. The van der Waals surface area contributed by atoms with Crippen LogP contribution in [0.4, 0.5) is 0 Å². The Labute approximate surface area is 145 Å². The summed E-state index contributed by atoms with van der Waals surface area (Å²) in [6.07, 6.45) is 4.99. The molecule has 0 aliphatic heterocycles. The standard InChI is InChI=1S/C20H25NO2S/c22-24(23,16-13-18-9-3-1-4-10-18)21-17-20(14-7-8-15-20)19-11-5-2-6-12-19/h1-6,9-12,21H,7-8,13-17H2. The van der Waals surface area contributed by atoms with Crippen LogP contribution in [0.25, 0.3) is 0 Å². The third-order valence-corrected chi connectivity index (χ3v) is 6.41. The number of nitrogens with one attached hydrogen (secondary N) is 1. The van der Waals surface area contributed by atoms with Gasteiger partial charge in [0.2, 0.25) is 10.0 Å². The van der Waals surface area contributed by atoms with Crippen molar-refractivity contribution in [1.82, 2.24) is 4.72 Å². The molecule has 0 bridgehead atoms. The third kappa shape index (κ3) is 4.25. The van der Waals surface area contributed by atoms with Gasteiger partial charge in [-0.25, -0.2) is 13.1 Å². The van der Waals surface area contributed by atoms with Crippen LogP contribution in [0.1, 0.15) is 36.8 Å². The van der Waals surface area contributed by atoms with E-state index in [9.17, 15) is 8.42 Å². The van der Waals surface area contributed by atoms with E-state index in [-0.39, 0.29) is 11.2 Å². The first-order valence-electron chi connectivity index (χ1n) is 8.67. The Hall–Kier alpha value is -1.65. The van der Waals surface area contributed by atoms with Crippen LogP contribution in [-0.4, -0.2) is 20.7 Å². The van der Waals surface area contributed by atoms with Gasteiger partial charge in [-0.2, -0.15) is 0 Å². The first kappa shape index (κ1) is 17.2. The fourth-order valence-electron chi connectivity index (χ4n) is 3.63. The Morgan fingerprint density at radius 1 is 0.875 bits per heavy atom. The van der Waals surface area contributed by atoms with Gasteiger partial charge in [0.05, 0.1) is 5.75 Å². The molecule has 0 atom stereocenters. The quantitative estimate of drug-likeness (QED) is 0.834. The molecule has 1 aliphatic rings. The van der Waals surface area contributed by atoms with Gasteiger partial charge < -0.3 is 0 Å². The zero-order valence-corrected chi connectivity index (χ0v) is 14.8. The molecule has 4 heteroatoms. The molecule has 0 aromatic heterocycles. The molecule has 128 valence electrons. The van der Waals surface area contributed by atoms with Gasteiger partial charge in [0.1, 0.15) is 0 Å². The lowest BCUT2D eigenvalue weighted by Gasteiger charge is -2.30. The van der Waals surface area contributed by atoms with Crippen molar-refractivity contribution in [3.63, 3.8) is 0 Å². The fraction of sp³-hybridized carbons (Fsp3) is 0.400. The van der Waals surface area contributed by atoms with Crippen molar-refractivity contribution < 1.29 is 8.42 Å². The van der Waals surface area contributed by atoms with E-state index in [1.165, 1.54) is 18.4 Å². The second kappa shape index (κ2) is 7.49. The van der Waals surface area contributed by atoms with E-state index in [0.717, 1.165) is 18.4 Å². The van der Waals surface area contributed by atoms with Crippen molar-refractivity contribution in [3.8, 4) is 0 Å². The highest BCUT2D eigenvalue weighted by molar-refractivity contribution is 7.89. The number of sulfonamides is 1. The summed E-state index contributed by atoms with van der Waals surface area (Å²) in [6, 6.07) is 20.1. The number of hydrogen-bond donors (Lipinski definition) is 1. The van der Waals surface area contributed by atoms with Crippen LogP contribution in [-0.2, 0) is 21.9 Å². The number of hydrogen-bond acceptors (Lipinski definition) is 2. The molecule has 2 aromatic rings. The van der Waals surface area contributed by atoms with Crippen LogP contribution < -0.4 is 4.72 Å². The molecule has 3 rings (SSSR count). The van der Waals surface area contributed by atoms with E-state index in [4.69, 9.17) is 0 Å². The Kier molecular flexibility index (Phi) is 5.36. The van der Waals surface area contributed by atoms with Crippen molar-refractivity contribution in [2.24, 2.45) is 0 Å². The van der Waals surface area contributed by atoms with Crippen LogP contribution in [0.15, 0.2) is 60.7 Å². The molecule has 1 saturated carbocycles. The SMILES string of the molecule is O=S(=O)(CCc1ccccc1)NCC1(c2ccccc2)CCCC1. The topological polar surface area (TPSA) is 46.2 Å². The monoisotopic (exact) mass is 343 g/mol. The maximum atomic E-state index is 12.4. The van der Waals surface area contributed by atoms with Crippen molar-refractivity contribution in [2.75, 3.05) is 12.3 Å². The average molecular weight is 343 g/mol. The second-order valence-electron chi connectivity index (χ2n) is 6.73. The predicted molar refractivity (Wildman–Crippen MR) is 98.5 cm³/mol. The zero-order chi connectivity index (χ0) is 16.9. The lowest BCUT2D eigenvalue weighted by Crippen LogP contribution is -2.40. The van der Waals surface area contributed by atoms with Gasteiger partial charge in [-0.15, -0.1) is 0 Å². The normalized spacial score (nSPS) is 17.0. The lowest BCUT2D eigenvalue weighted by atomic mass is 9.79. The molecule has 2 aromatic carbocycles. The van der Waals surface area contributed by atoms with E-state index >= 15 is 0 Å². The molecule has 0 amide bonds. The Morgan fingerprint density at radius 3 is 2.08 bits per heavy atom. The number of rotatable bonds is 7. The summed E-state index contributed by atoms with van der Waals surface area (Å²) < 4.78 is 27.7. The highest BCUT2D eigenvalue weighted by Crippen LogP contribution is 2.40. The summed E-state index contributed by atoms with van der Waals surface area (Å²) in [5.74, 6) is 0.141.